The van der Waals surface area contributed by atoms with Crippen molar-refractivity contribution in [2.75, 3.05) is 11.5 Å². The highest BCUT2D eigenvalue weighted by Crippen LogP contribution is 2.28. The van der Waals surface area contributed by atoms with Gasteiger partial charge in [0.25, 0.3) is 0 Å². The predicted molar refractivity (Wildman–Crippen MR) is 73.6 cm³/mol. The second-order valence-corrected chi connectivity index (χ2v) is 5.91. The number of halogens is 2. The van der Waals surface area contributed by atoms with E-state index in [0.717, 1.165) is 0 Å². The summed E-state index contributed by atoms with van der Waals surface area (Å²) in [5, 5.41) is 3.87. The molecule has 2 heterocycles. The molecule has 1 aliphatic heterocycles. The van der Waals surface area contributed by atoms with Gasteiger partial charge in [-0.25, -0.2) is 4.39 Å². The molecule has 1 fully saturated rings. The van der Waals surface area contributed by atoms with Gasteiger partial charge in [0, 0.05) is 12.2 Å². The third-order valence-electron chi connectivity index (χ3n) is 3.08. The number of aromatic nitrogens is 2. The topological polar surface area (TPSA) is 56.0 Å². The summed E-state index contributed by atoms with van der Waals surface area (Å²) in [5.74, 6) is 1.10. The first kappa shape index (κ1) is 13.6. The minimum atomic E-state index is -0.479. The average Bonchev–Trinajstić information content (AvgIpc) is 3.04. The lowest BCUT2D eigenvalue weighted by molar-refractivity contribution is -0.117. The molecule has 1 aromatic heterocycles. The summed E-state index contributed by atoms with van der Waals surface area (Å²) in [7, 11) is 0. The Morgan fingerprint density at radius 2 is 2.35 bits per heavy atom. The highest BCUT2D eigenvalue weighted by molar-refractivity contribution is 8.00. The third kappa shape index (κ3) is 2.58. The number of hydrogen-bond donors (Lipinski definition) is 0. The van der Waals surface area contributed by atoms with Crippen LogP contribution in [0.15, 0.2) is 22.7 Å². The number of benzene rings is 1. The molecule has 1 unspecified atom stereocenters. The van der Waals surface area contributed by atoms with Crippen LogP contribution in [0.3, 0.4) is 0 Å². The van der Waals surface area contributed by atoms with E-state index in [4.69, 9.17) is 16.1 Å². The zero-order valence-corrected chi connectivity index (χ0v) is 11.9. The van der Waals surface area contributed by atoms with E-state index >= 15 is 0 Å². The molecule has 7 heteroatoms. The third-order valence-corrected chi connectivity index (χ3v) is 4.43. The summed E-state index contributed by atoms with van der Waals surface area (Å²) < 4.78 is 18.9. The molecule has 0 aliphatic carbocycles. The van der Waals surface area contributed by atoms with Crippen LogP contribution in [0.5, 0.6) is 0 Å². The standard InChI is InChI=1S/C13H10ClFN2O2S/c14-9-3-1-2-7(12(9)15)4-11-16-13(19-17-11)8-5-20-6-10(8)18/h1-3,8H,4-6H2. The minimum Gasteiger partial charge on any atom is -0.339 e. The van der Waals surface area contributed by atoms with E-state index in [9.17, 15) is 9.18 Å². The molecule has 1 aromatic carbocycles. The maximum absolute atomic E-state index is 13.8. The largest absolute Gasteiger partial charge is 0.339 e. The van der Waals surface area contributed by atoms with Crippen molar-refractivity contribution in [2.24, 2.45) is 0 Å². The average molecular weight is 313 g/mol. The van der Waals surface area contributed by atoms with Crippen molar-refractivity contribution in [2.45, 2.75) is 12.3 Å². The Bertz CT molecular complexity index is 662. The number of hydrogen-bond acceptors (Lipinski definition) is 5. The maximum Gasteiger partial charge on any atom is 0.238 e. The zero-order chi connectivity index (χ0) is 14.1. The van der Waals surface area contributed by atoms with Crippen molar-refractivity contribution in [3.8, 4) is 0 Å². The fourth-order valence-electron chi connectivity index (χ4n) is 2.02. The molecule has 20 heavy (non-hydrogen) atoms. The molecule has 0 bridgehead atoms. The molecule has 1 atom stereocenters. The van der Waals surface area contributed by atoms with E-state index in [1.165, 1.54) is 6.07 Å². The lowest BCUT2D eigenvalue weighted by Crippen LogP contribution is -2.09. The van der Waals surface area contributed by atoms with Gasteiger partial charge in [-0.05, 0) is 11.6 Å². The van der Waals surface area contributed by atoms with Crippen LogP contribution in [-0.4, -0.2) is 27.4 Å². The van der Waals surface area contributed by atoms with Crippen molar-refractivity contribution in [3.05, 3.63) is 46.3 Å². The fraction of sp³-hybridized carbons (Fsp3) is 0.308. The van der Waals surface area contributed by atoms with Crippen LogP contribution >= 0.6 is 23.4 Å². The smallest absolute Gasteiger partial charge is 0.238 e. The van der Waals surface area contributed by atoms with Gasteiger partial charge < -0.3 is 4.52 Å². The molecule has 0 spiro atoms. The SMILES string of the molecule is O=C1CSCC1c1nc(Cc2cccc(Cl)c2F)no1. The quantitative estimate of drug-likeness (QED) is 0.872. The Labute approximate surface area is 123 Å². The van der Waals surface area contributed by atoms with E-state index in [1.54, 1.807) is 23.9 Å². The molecule has 0 amide bonds. The number of nitrogens with zero attached hydrogens (tertiary/aromatic N) is 2. The van der Waals surface area contributed by atoms with Crippen LogP contribution in [0.1, 0.15) is 23.2 Å². The Morgan fingerprint density at radius 3 is 3.10 bits per heavy atom. The van der Waals surface area contributed by atoms with Crippen molar-refractivity contribution in [1.29, 1.82) is 0 Å². The fourth-order valence-corrected chi connectivity index (χ4v) is 3.29. The van der Waals surface area contributed by atoms with Crippen LogP contribution in [-0.2, 0) is 11.2 Å². The first-order valence-electron chi connectivity index (χ1n) is 6.01. The summed E-state index contributed by atoms with van der Waals surface area (Å²) in [6, 6.07) is 4.77. The molecule has 2 aromatic rings. The Balaban J connectivity index is 1.80. The van der Waals surface area contributed by atoms with Gasteiger partial charge in [-0.1, -0.05) is 28.9 Å². The van der Waals surface area contributed by atoms with Gasteiger partial charge in [0.2, 0.25) is 5.89 Å². The van der Waals surface area contributed by atoms with Crippen molar-refractivity contribution < 1.29 is 13.7 Å². The Morgan fingerprint density at radius 1 is 1.50 bits per heavy atom. The van der Waals surface area contributed by atoms with Gasteiger partial charge in [-0.2, -0.15) is 16.7 Å². The van der Waals surface area contributed by atoms with E-state index < -0.39 is 5.82 Å². The highest BCUT2D eigenvalue weighted by atomic mass is 35.5. The van der Waals surface area contributed by atoms with Crippen molar-refractivity contribution in [3.63, 3.8) is 0 Å². The molecule has 3 rings (SSSR count). The molecule has 0 N–H and O–H groups in total. The number of carbonyl (C=O) groups is 1. The Kier molecular flexibility index (Phi) is 3.76. The second-order valence-electron chi connectivity index (χ2n) is 4.47. The van der Waals surface area contributed by atoms with Crippen LogP contribution in [0.2, 0.25) is 5.02 Å². The number of thioether (sulfide) groups is 1. The summed E-state index contributed by atoms with van der Waals surface area (Å²) >= 11 is 7.27. The summed E-state index contributed by atoms with van der Waals surface area (Å²) in [6.07, 6.45) is 0.184. The monoisotopic (exact) mass is 312 g/mol. The van der Waals surface area contributed by atoms with Crippen LogP contribution < -0.4 is 0 Å². The number of rotatable bonds is 3. The Hall–Kier alpha value is -1.40. The number of carbonyl (C=O) groups excluding carboxylic acids is 1. The summed E-state index contributed by atoms with van der Waals surface area (Å²) in [4.78, 5) is 15.8. The molecule has 1 aliphatic rings. The van der Waals surface area contributed by atoms with Crippen LogP contribution in [0, 0.1) is 5.82 Å². The molecule has 1 saturated heterocycles. The molecule has 0 radical (unpaired) electrons. The van der Waals surface area contributed by atoms with E-state index in [1.807, 2.05) is 0 Å². The van der Waals surface area contributed by atoms with Gasteiger partial charge in [0.05, 0.1) is 10.8 Å². The normalized spacial score (nSPS) is 18.7. The predicted octanol–water partition coefficient (Wildman–Crippen LogP) is 2.85. The van der Waals surface area contributed by atoms with Gasteiger partial charge >= 0.3 is 0 Å². The van der Waals surface area contributed by atoms with E-state index in [0.29, 0.717) is 28.8 Å². The van der Waals surface area contributed by atoms with Crippen LogP contribution in [0.25, 0.3) is 0 Å². The summed E-state index contributed by atoms with van der Waals surface area (Å²) in [5.41, 5.74) is 0.400. The number of Topliss-reactive ketones (excluding diaryl/α,β-unsaturated/α-hetero) is 1. The van der Waals surface area contributed by atoms with Crippen LogP contribution in [0.4, 0.5) is 4.39 Å². The molecule has 4 nitrogen and oxygen atoms in total. The molecule has 104 valence electrons. The van der Waals surface area contributed by atoms with Gasteiger partial charge in [0.1, 0.15) is 11.7 Å². The lowest BCUT2D eigenvalue weighted by Gasteiger charge is -2.01. The minimum absolute atomic E-state index is 0.0635. The first-order chi connectivity index (χ1) is 9.65. The maximum atomic E-state index is 13.8. The van der Waals surface area contributed by atoms with Gasteiger partial charge in [-0.3, -0.25) is 4.79 Å². The van der Waals surface area contributed by atoms with E-state index in [2.05, 4.69) is 10.1 Å². The lowest BCUT2D eigenvalue weighted by atomic mass is 10.1. The van der Waals surface area contributed by atoms with Crippen molar-refractivity contribution >= 4 is 29.1 Å². The second kappa shape index (κ2) is 5.54. The van der Waals surface area contributed by atoms with E-state index in [-0.39, 0.29) is 23.1 Å². The molecular formula is C13H10ClFN2O2S. The first-order valence-corrected chi connectivity index (χ1v) is 7.54. The molecule has 0 saturated carbocycles. The highest BCUT2D eigenvalue weighted by Gasteiger charge is 2.31. The number of ketones is 1. The van der Waals surface area contributed by atoms with Gasteiger partial charge in [-0.15, -0.1) is 0 Å². The zero-order valence-electron chi connectivity index (χ0n) is 10.3. The van der Waals surface area contributed by atoms with Crippen molar-refractivity contribution in [1.82, 2.24) is 10.1 Å². The molecular weight excluding hydrogens is 303 g/mol. The summed E-state index contributed by atoms with van der Waals surface area (Å²) in [6.45, 7) is 0. The van der Waals surface area contributed by atoms with Gasteiger partial charge in [0.15, 0.2) is 11.6 Å².